The van der Waals surface area contributed by atoms with Crippen LogP contribution in [0.2, 0.25) is 0 Å². The summed E-state index contributed by atoms with van der Waals surface area (Å²) in [4.78, 5) is 0. The molecule has 0 aromatic heterocycles. The van der Waals surface area contributed by atoms with Gasteiger partial charge in [0.1, 0.15) is 0 Å². The fraction of sp³-hybridized carbons (Fsp3) is 0.250. The quantitative estimate of drug-likeness (QED) is 0.760. The van der Waals surface area contributed by atoms with Crippen LogP contribution in [-0.4, -0.2) is 28.4 Å². The minimum atomic E-state index is 1.28. The minimum absolute atomic E-state index is 1.28. The van der Waals surface area contributed by atoms with E-state index in [4.69, 9.17) is 0 Å². The van der Waals surface area contributed by atoms with Crippen molar-refractivity contribution in [3.8, 4) is 11.1 Å². The molecule has 0 aliphatic rings. The molecule has 0 saturated carbocycles. The highest BCUT2D eigenvalue weighted by Gasteiger charge is 1.91. The van der Waals surface area contributed by atoms with E-state index < -0.39 is 0 Å². The number of hydrogen-bond acceptors (Lipinski definition) is 2. The van der Waals surface area contributed by atoms with Crippen LogP contribution in [0.1, 0.15) is 0 Å². The summed E-state index contributed by atoms with van der Waals surface area (Å²) in [6.07, 6.45) is 0. The van der Waals surface area contributed by atoms with Crippen molar-refractivity contribution in [3.05, 3.63) is 60.7 Å². The van der Waals surface area contributed by atoms with Crippen LogP contribution in [0.15, 0.2) is 60.7 Å². The molecular weight excluding hydrogens is 224 g/mol. The predicted molar refractivity (Wildman–Crippen MR) is 77.7 cm³/mol. The molecule has 2 rings (SSSR count). The van der Waals surface area contributed by atoms with E-state index in [0.717, 1.165) is 0 Å². The SMILES string of the molecule is COC.COC.c1ccc(-c2ccccc2)cc1. The van der Waals surface area contributed by atoms with Gasteiger partial charge in [-0.05, 0) is 11.1 Å². The Morgan fingerprint density at radius 1 is 0.500 bits per heavy atom. The van der Waals surface area contributed by atoms with Crippen molar-refractivity contribution < 1.29 is 9.47 Å². The van der Waals surface area contributed by atoms with Crippen LogP contribution in [0.4, 0.5) is 0 Å². The lowest BCUT2D eigenvalue weighted by Crippen LogP contribution is -1.73. The summed E-state index contributed by atoms with van der Waals surface area (Å²) >= 11 is 0. The molecule has 98 valence electrons. The van der Waals surface area contributed by atoms with E-state index in [1.165, 1.54) is 11.1 Å². The van der Waals surface area contributed by atoms with Gasteiger partial charge in [-0.3, -0.25) is 0 Å². The van der Waals surface area contributed by atoms with E-state index in [1.54, 1.807) is 28.4 Å². The van der Waals surface area contributed by atoms with Crippen LogP contribution in [0.25, 0.3) is 11.1 Å². The monoisotopic (exact) mass is 246 g/mol. The molecule has 0 N–H and O–H groups in total. The summed E-state index contributed by atoms with van der Waals surface area (Å²) in [6, 6.07) is 20.8. The van der Waals surface area contributed by atoms with E-state index in [9.17, 15) is 0 Å². The molecule has 0 radical (unpaired) electrons. The molecule has 0 fully saturated rings. The molecular formula is C16H22O2. The van der Waals surface area contributed by atoms with Gasteiger partial charge in [0.15, 0.2) is 0 Å². The van der Waals surface area contributed by atoms with Crippen LogP contribution in [-0.2, 0) is 9.47 Å². The van der Waals surface area contributed by atoms with Crippen molar-refractivity contribution in [2.75, 3.05) is 28.4 Å². The van der Waals surface area contributed by atoms with Gasteiger partial charge in [0, 0.05) is 28.4 Å². The van der Waals surface area contributed by atoms with Gasteiger partial charge in [-0.1, -0.05) is 60.7 Å². The number of methoxy groups -OCH3 is 2. The van der Waals surface area contributed by atoms with Crippen molar-refractivity contribution in [2.45, 2.75) is 0 Å². The first kappa shape index (κ1) is 16.4. The molecule has 0 aliphatic heterocycles. The molecule has 0 bridgehead atoms. The van der Waals surface area contributed by atoms with Gasteiger partial charge < -0.3 is 9.47 Å². The number of benzene rings is 2. The summed E-state index contributed by atoms with van der Waals surface area (Å²) in [5, 5.41) is 0. The molecule has 0 heterocycles. The van der Waals surface area contributed by atoms with E-state index in [-0.39, 0.29) is 0 Å². The zero-order valence-electron chi connectivity index (χ0n) is 11.6. The first-order valence-corrected chi connectivity index (χ1v) is 5.70. The maximum atomic E-state index is 4.25. The summed E-state index contributed by atoms with van der Waals surface area (Å²) in [5.74, 6) is 0. The molecule has 0 atom stereocenters. The smallest absolute Gasteiger partial charge is 0.0351 e. The summed E-state index contributed by atoms with van der Waals surface area (Å²) in [5.41, 5.74) is 2.55. The zero-order valence-corrected chi connectivity index (χ0v) is 11.6. The summed E-state index contributed by atoms with van der Waals surface area (Å²) in [7, 11) is 6.50. The lowest BCUT2D eigenvalue weighted by atomic mass is 10.1. The lowest BCUT2D eigenvalue weighted by Gasteiger charge is -1.98. The van der Waals surface area contributed by atoms with Gasteiger partial charge in [-0.15, -0.1) is 0 Å². The molecule has 18 heavy (non-hydrogen) atoms. The molecule has 2 aromatic carbocycles. The van der Waals surface area contributed by atoms with E-state index in [0.29, 0.717) is 0 Å². The second-order valence-corrected chi connectivity index (χ2v) is 3.55. The predicted octanol–water partition coefficient (Wildman–Crippen LogP) is 3.88. The number of hydrogen-bond donors (Lipinski definition) is 0. The minimum Gasteiger partial charge on any atom is -0.388 e. The average molecular weight is 246 g/mol. The second-order valence-electron chi connectivity index (χ2n) is 3.55. The molecule has 2 nitrogen and oxygen atoms in total. The van der Waals surface area contributed by atoms with Gasteiger partial charge in [0.25, 0.3) is 0 Å². The number of rotatable bonds is 1. The highest BCUT2D eigenvalue weighted by molar-refractivity contribution is 5.62. The van der Waals surface area contributed by atoms with E-state index in [1.807, 2.05) is 12.1 Å². The first-order valence-electron chi connectivity index (χ1n) is 5.70. The van der Waals surface area contributed by atoms with Crippen LogP contribution in [0, 0.1) is 0 Å². The van der Waals surface area contributed by atoms with E-state index >= 15 is 0 Å². The van der Waals surface area contributed by atoms with Gasteiger partial charge >= 0.3 is 0 Å². The Morgan fingerprint density at radius 2 is 0.722 bits per heavy atom. The molecule has 2 heteroatoms. The highest BCUT2D eigenvalue weighted by atomic mass is 16.5. The first-order chi connectivity index (χ1) is 8.79. The van der Waals surface area contributed by atoms with Gasteiger partial charge in [0.2, 0.25) is 0 Å². The van der Waals surface area contributed by atoms with Crippen LogP contribution in [0.3, 0.4) is 0 Å². The fourth-order valence-corrected chi connectivity index (χ4v) is 1.26. The van der Waals surface area contributed by atoms with Crippen LogP contribution < -0.4 is 0 Å². The van der Waals surface area contributed by atoms with Crippen LogP contribution in [0.5, 0.6) is 0 Å². The Hall–Kier alpha value is -1.64. The molecule has 0 aliphatic carbocycles. The molecule has 0 unspecified atom stereocenters. The van der Waals surface area contributed by atoms with Crippen molar-refractivity contribution in [1.29, 1.82) is 0 Å². The summed E-state index contributed by atoms with van der Waals surface area (Å²) < 4.78 is 8.50. The lowest BCUT2D eigenvalue weighted by molar-refractivity contribution is 0.277. The molecule has 0 saturated heterocycles. The Bertz CT molecular complexity index is 331. The third-order valence-electron chi connectivity index (χ3n) is 1.88. The average Bonchev–Trinajstić information content (AvgIpc) is 2.43. The van der Waals surface area contributed by atoms with Gasteiger partial charge in [-0.25, -0.2) is 0 Å². The van der Waals surface area contributed by atoms with Gasteiger partial charge in [-0.2, -0.15) is 0 Å². The fourth-order valence-electron chi connectivity index (χ4n) is 1.26. The third-order valence-corrected chi connectivity index (χ3v) is 1.88. The maximum absolute atomic E-state index is 4.25. The topological polar surface area (TPSA) is 18.5 Å². The molecule has 2 aromatic rings. The van der Waals surface area contributed by atoms with Crippen LogP contribution >= 0.6 is 0 Å². The molecule has 0 amide bonds. The van der Waals surface area contributed by atoms with Gasteiger partial charge in [0.05, 0.1) is 0 Å². The Balaban J connectivity index is 0.000000414. The Kier molecular flexibility index (Phi) is 10.8. The largest absolute Gasteiger partial charge is 0.388 e. The standard InChI is InChI=1S/C12H10.2C2H6O/c1-3-7-11(8-4-1)12-9-5-2-6-10-12;2*1-3-2/h1-10H;2*1-2H3. The zero-order chi connectivity index (χ0) is 13.6. The summed E-state index contributed by atoms with van der Waals surface area (Å²) in [6.45, 7) is 0. The van der Waals surface area contributed by atoms with E-state index in [2.05, 4.69) is 58.0 Å². The van der Waals surface area contributed by atoms with Crippen molar-refractivity contribution >= 4 is 0 Å². The normalized spacial score (nSPS) is 8.44. The highest BCUT2D eigenvalue weighted by Crippen LogP contribution is 2.17. The van der Waals surface area contributed by atoms with Crippen molar-refractivity contribution in [2.24, 2.45) is 0 Å². The molecule has 0 spiro atoms. The van der Waals surface area contributed by atoms with Crippen molar-refractivity contribution in [1.82, 2.24) is 0 Å². The maximum Gasteiger partial charge on any atom is 0.0351 e. The third kappa shape index (κ3) is 7.60. The second kappa shape index (κ2) is 11.8. The Labute approximate surface area is 110 Å². The number of ether oxygens (including phenoxy) is 2. The Morgan fingerprint density at radius 3 is 0.944 bits per heavy atom. The van der Waals surface area contributed by atoms with Crippen molar-refractivity contribution in [3.63, 3.8) is 0 Å².